The van der Waals surface area contributed by atoms with Crippen LogP contribution in [0.5, 0.6) is 0 Å². The standard InChI is InChI=1S/C8H6F3N3O3S/c9-8(10,11)6(16)17-5(15)3-1-2-4(18-3)14-7(12)13/h1-2H,(H4,12,13,14). The number of guanidine groups is 1. The molecule has 0 fully saturated rings. The van der Waals surface area contributed by atoms with E-state index in [0.717, 1.165) is 6.07 Å². The van der Waals surface area contributed by atoms with Crippen molar-refractivity contribution in [2.45, 2.75) is 6.18 Å². The number of thiophene rings is 1. The summed E-state index contributed by atoms with van der Waals surface area (Å²) in [6, 6.07) is 2.45. The fourth-order valence-electron chi connectivity index (χ4n) is 0.840. The molecule has 0 unspecified atom stereocenters. The summed E-state index contributed by atoms with van der Waals surface area (Å²) in [7, 11) is 0. The Hall–Kier alpha value is -2.10. The molecule has 1 aromatic heterocycles. The van der Waals surface area contributed by atoms with Gasteiger partial charge in [-0.05, 0) is 12.1 Å². The number of nitrogens with two attached hydrogens (primary N) is 1. The molecule has 0 radical (unpaired) electrons. The Morgan fingerprint density at radius 1 is 1.39 bits per heavy atom. The van der Waals surface area contributed by atoms with Crippen LogP contribution in [0.15, 0.2) is 12.1 Å². The van der Waals surface area contributed by atoms with Gasteiger partial charge in [-0.3, -0.25) is 5.41 Å². The third-order valence-corrected chi connectivity index (χ3v) is 2.46. The average Bonchev–Trinajstić information content (AvgIpc) is 2.63. The van der Waals surface area contributed by atoms with Gasteiger partial charge in [-0.15, -0.1) is 11.3 Å². The van der Waals surface area contributed by atoms with Crippen molar-refractivity contribution in [3.8, 4) is 0 Å². The summed E-state index contributed by atoms with van der Waals surface area (Å²) in [5.41, 5.74) is 5.01. The van der Waals surface area contributed by atoms with Gasteiger partial charge in [0.05, 0.1) is 5.00 Å². The number of nitrogens with one attached hydrogen (secondary N) is 2. The number of esters is 2. The molecule has 6 nitrogen and oxygen atoms in total. The van der Waals surface area contributed by atoms with Crippen LogP contribution in [-0.4, -0.2) is 24.1 Å². The molecule has 1 rings (SSSR count). The molecule has 0 saturated carbocycles. The van der Waals surface area contributed by atoms with Crippen LogP contribution < -0.4 is 11.1 Å². The number of carbonyl (C=O) groups is 2. The van der Waals surface area contributed by atoms with Crippen LogP contribution in [0, 0.1) is 5.41 Å². The molecule has 4 N–H and O–H groups in total. The summed E-state index contributed by atoms with van der Waals surface area (Å²) in [5.74, 6) is -4.40. The lowest BCUT2D eigenvalue weighted by molar-refractivity contribution is -0.193. The van der Waals surface area contributed by atoms with E-state index in [9.17, 15) is 22.8 Å². The minimum atomic E-state index is -5.23. The van der Waals surface area contributed by atoms with Crippen molar-refractivity contribution in [3.63, 3.8) is 0 Å². The highest BCUT2D eigenvalue weighted by Crippen LogP contribution is 2.24. The first-order valence-electron chi connectivity index (χ1n) is 4.24. The Morgan fingerprint density at radius 3 is 2.50 bits per heavy atom. The molecule has 0 bridgehead atoms. The Labute approximate surface area is 102 Å². The number of anilines is 1. The van der Waals surface area contributed by atoms with Crippen molar-refractivity contribution in [2.75, 3.05) is 5.32 Å². The summed E-state index contributed by atoms with van der Waals surface area (Å²) < 4.78 is 39.1. The maximum atomic E-state index is 11.8. The molecule has 0 atom stereocenters. The van der Waals surface area contributed by atoms with Gasteiger partial charge >= 0.3 is 18.1 Å². The summed E-state index contributed by atoms with van der Waals surface area (Å²) in [6.07, 6.45) is -5.23. The van der Waals surface area contributed by atoms with Gasteiger partial charge in [0.2, 0.25) is 0 Å². The fraction of sp³-hybridized carbons (Fsp3) is 0.125. The van der Waals surface area contributed by atoms with E-state index in [0.29, 0.717) is 11.3 Å². The lowest BCUT2D eigenvalue weighted by atomic mass is 10.4. The number of hydrogen-bond donors (Lipinski definition) is 3. The number of rotatable bonds is 2. The quantitative estimate of drug-likeness (QED) is 0.328. The number of ether oxygens (including phenoxy) is 1. The monoisotopic (exact) mass is 281 g/mol. The third-order valence-electron chi connectivity index (χ3n) is 1.48. The molecule has 0 amide bonds. The highest BCUT2D eigenvalue weighted by Gasteiger charge is 2.42. The van der Waals surface area contributed by atoms with Gasteiger partial charge in [-0.1, -0.05) is 0 Å². The molecule has 98 valence electrons. The van der Waals surface area contributed by atoms with Crippen molar-refractivity contribution in [3.05, 3.63) is 17.0 Å². The Balaban J connectivity index is 2.71. The van der Waals surface area contributed by atoms with Gasteiger partial charge in [0.15, 0.2) is 5.96 Å². The number of carbonyl (C=O) groups excluding carboxylic acids is 2. The molecular weight excluding hydrogens is 275 g/mol. The summed E-state index contributed by atoms with van der Waals surface area (Å²) in [6.45, 7) is 0. The van der Waals surface area contributed by atoms with Gasteiger partial charge in [0.1, 0.15) is 4.88 Å². The van der Waals surface area contributed by atoms with Gasteiger partial charge in [0, 0.05) is 0 Å². The van der Waals surface area contributed by atoms with Crippen molar-refractivity contribution >= 4 is 34.2 Å². The highest BCUT2D eigenvalue weighted by atomic mass is 32.1. The number of hydrogen-bond acceptors (Lipinski definition) is 5. The molecule has 0 spiro atoms. The maximum Gasteiger partial charge on any atom is 0.491 e. The van der Waals surface area contributed by atoms with E-state index < -0.39 is 24.1 Å². The number of alkyl halides is 3. The second kappa shape index (κ2) is 5.04. The zero-order valence-corrected chi connectivity index (χ0v) is 9.32. The normalized spacial score (nSPS) is 10.8. The van der Waals surface area contributed by atoms with E-state index in [1.807, 2.05) is 0 Å². The largest absolute Gasteiger partial charge is 0.491 e. The number of halogens is 3. The van der Waals surface area contributed by atoms with Crippen molar-refractivity contribution in [1.29, 1.82) is 5.41 Å². The molecule has 0 aromatic carbocycles. The first-order valence-corrected chi connectivity index (χ1v) is 5.06. The van der Waals surface area contributed by atoms with E-state index in [-0.39, 0.29) is 9.88 Å². The van der Waals surface area contributed by atoms with Crippen LogP contribution in [-0.2, 0) is 9.53 Å². The van der Waals surface area contributed by atoms with E-state index in [4.69, 9.17) is 11.1 Å². The molecule has 0 saturated heterocycles. The molecule has 10 heteroatoms. The lowest BCUT2D eigenvalue weighted by Crippen LogP contribution is -2.27. The molecule has 0 aliphatic carbocycles. The van der Waals surface area contributed by atoms with Crippen molar-refractivity contribution in [2.24, 2.45) is 5.73 Å². The molecule has 0 aliphatic heterocycles. The highest BCUT2D eigenvalue weighted by molar-refractivity contribution is 7.18. The van der Waals surface area contributed by atoms with Crippen LogP contribution >= 0.6 is 11.3 Å². The van der Waals surface area contributed by atoms with E-state index in [1.165, 1.54) is 6.07 Å². The van der Waals surface area contributed by atoms with Gasteiger partial charge in [0.25, 0.3) is 0 Å². The topological polar surface area (TPSA) is 105 Å². The lowest BCUT2D eigenvalue weighted by Gasteiger charge is -2.03. The SMILES string of the molecule is N=C(N)Nc1ccc(C(=O)OC(=O)C(F)(F)F)s1. The minimum absolute atomic E-state index is 0.226. The van der Waals surface area contributed by atoms with Crippen LogP contribution in [0.3, 0.4) is 0 Å². The fourth-order valence-corrected chi connectivity index (χ4v) is 1.63. The maximum absolute atomic E-state index is 11.8. The smallest absolute Gasteiger partial charge is 0.382 e. The third kappa shape index (κ3) is 3.73. The van der Waals surface area contributed by atoms with Gasteiger partial charge in [-0.25, -0.2) is 9.59 Å². The van der Waals surface area contributed by atoms with Crippen molar-refractivity contribution in [1.82, 2.24) is 0 Å². The van der Waals surface area contributed by atoms with Gasteiger partial charge < -0.3 is 15.8 Å². The molecular formula is C8H6F3N3O3S. The first-order chi connectivity index (χ1) is 8.20. The predicted molar refractivity (Wildman–Crippen MR) is 56.3 cm³/mol. The van der Waals surface area contributed by atoms with Crippen LogP contribution in [0.2, 0.25) is 0 Å². The minimum Gasteiger partial charge on any atom is -0.382 e. The zero-order valence-electron chi connectivity index (χ0n) is 8.50. The second-order valence-corrected chi connectivity index (χ2v) is 3.96. The van der Waals surface area contributed by atoms with Crippen LogP contribution in [0.4, 0.5) is 18.2 Å². The Kier molecular flexibility index (Phi) is 3.91. The van der Waals surface area contributed by atoms with E-state index in [1.54, 1.807) is 0 Å². The molecule has 0 aliphatic rings. The zero-order chi connectivity index (χ0) is 13.9. The summed E-state index contributed by atoms with van der Waals surface area (Å²) in [5, 5.41) is 9.48. The first kappa shape index (κ1) is 14.0. The summed E-state index contributed by atoms with van der Waals surface area (Å²) in [4.78, 5) is 21.3. The van der Waals surface area contributed by atoms with E-state index in [2.05, 4.69) is 10.1 Å². The van der Waals surface area contributed by atoms with Crippen molar-refractivity contribution < 1.29 is 27.5 Å². The second-order valence-electron chi connectivity index (χ2n) is 2.88. The van der Waals surface area contributed by atoms with Crippen LogP contribution in [0.1, 0.15) is 9.67 Å². The Bertz CT molecular complexity index is 497. The summed E-state index contributed by atoms with van der Waals surface area (Å²) >= 11 is 0.696. The predicted octanol–water partition coefficient (Wildman–Crippen LogP) is 1.30. The average molecular weight is 281 g/mol. The molecule has 18 heavy (non-hydrogen) atoms. The Morgan fingerprint density at radius 2 is 2.00 bits per heavy atom. The molecule has 1 heterocycles. The molecule has 1 aromatic rings. The van der Waals surface area contributed by atoms with E-state index >= 15 is 0 Å². The van der Waals surface area contributed by atoms with Gasteiger partial charge in [-0.2, -0.15) is 13.2 Å². The van der Waals surface area contributed by atoms with Crippen LogP contribution in [0.25, 0.3) is 0 Å².